The first-order chi connectivity index (χ1) is 16.8. The molecule has 10 heteroatoms. The quantitative estimate of drug-likeness (QED) is 0.364. The molecule has 0 saturated carbocycles. The Morgan fingerprint density at radius 3 is 2.54 bits per heavy atom. The van der Waals surface area contributed by atoms with E-state index >= 15 is 0 Å². The van der Waals surface area contributed by atoms with Crippen molar-refractivity contribution in [2.45, 2.75) is 4.90 Å². The summed E-state index contributed by atoms with van der Waals surface area (Å²) in [6.07, 6.45) is 1.65. The normalized spacial score (nSPS) is 14.5. The summed E-state index contributed by atoms with van der Waals surface area (Å²) in [5.41, 5.74) is 2.51. The predicted molar refractivity (Wildman–Crippen MR) is 137 cm³/mol. The number of para-hydroxylation sites is 1. The van der Waals surface area contributed by atoms with Gasteiger partial charge in [-0.3, -0.25) is 9.59 Å². The lowest BCUT2D eigenvalue weighted by Crippen LogP contribution is -2.53. The molecule has 1 unspecified atom stereocenters. The summed E-state index contributed by atoms with van der Waals surface area (Å²) >= 11 is 6.91. The molecule has 3 heterocycles. The van der Waals surface area contributed by atoms with Crippen molar-refractivity contribution in [3.05, 3.63) is 77.4 Å². The first kappa shape index (κ1) is 23.6. The van der Waals surface area contributed by atoms with E-state index in [1.54, 1.807) is 23.1 Å². The molecule has 0 bridgehead atoms. The largest absolute Gasteiger partial charge is 0.612 e. The summed E-state index contributed by atoms with van der Waals surface area (Å²) in [5, 5.41) is 14.2. The molecule has 2 aromatic carbocycles. The summed E-state index contributed by atoms with van der Waals surface area (Å²) in [7, 11) is 0. The number of rotatable bonds is 6. The number of amides is 1. The molecule has 0 spiro atoms. The van der Waals surface area contributed by atoms with Crippen LogP contribution in [0.1, 0.15) is 10.5 Å². The average Bonchev–Trinajstić information content (AvgIpc) is 3.46. The Labute approximate surface area is 213 Å². The summed E-state index contributed by atoms with van der Waals surface area (Å²) in [5.74, 6) is -1.76. The molecule has 1 fully saturated rings. The number of halogens is 1. The molecule has 5 rings (SSSR count). The number of hydrogen-bond acceptors (Lipinski definition) is 5. The van der Waals surface area contributed by atoms with Gasteiger partial charge in [0.1, 0.15) is 6.26 Å². The van der Waals surface area contributed by atoms with E-state index in [1.807, 2.05) is 54.6 Å². The lowest BCUT2D eigenvalue weighted by atomic mass is 10.0. The van der Waals surface area contributed by atoms with E-state index in [0.717, 1.165) is 20.2 Å². The second-order valence-corrected chi connectivity index (χ2v) is 11.0. The number of hydrogen-bond donors (Lipinski definition) is 1. The number of thiophene rings is 1. The number of likely N-dealkylation sites (tertiary alicyclic amines) is 1. The number of carboxylic acids is 1. The van der Waals surface area contributed by atoms with Crippen molar-refractivity contribution in [1.29, 1.82) is 0 Å². The first-order valence-corrected chi connectivity index (χ1v) is 13.5. The zero-order valence-corrected chi connectivity index (χ0v) is 20.9. The second-order valence-electron chi connectivity index (χ2n) is 8.17. The summed E-state index contributed by atoms with van der Waals surface area (Å²) in [6.45, 7) is 0.335. The molecule has 4 aromatic rings. The molecule has 1 N–H and O–H groups in total. The van der Waals surface area contributed by atoms with Crippen LogP contribution in [0.15, 0.2) is 71.6 Å². The zero-order valence-electron chi connectivity index (χ0n) is 18.6. The highest BCUT2D eigenvalue weighted by Gasteiger charge is 2.37. The van der Waals surface area contributed by atoms with E-state index in [-0.39, 0.29) is 24.7 Å². The van der Waals surface area contributed by atoms with E-state index in [9.17, 15) is 14.1 Å². The highest BCUT2D eigenvalue weighted by molar-refractivity contribution is 7.90. The van der Waals surface area contributed by atoms with E-state index in [0.29, 0.717) is 16.4 Å². The highest BCUT2D eigenvalue weighted by Crippen LogP contribution is 2.37. The molecule has 7 nitrogen and oxygen atoms in total. The first-order valence-electron chi connectivity index (χ1n) is 10.7. The average molecular weight is 526 g/mol. The minimum absolute atomic E-state index is 0.167. The van der Waals surface area contributed by atoms with E-state index < -0.39 is 23.1 Å². The van der Waals surface area contributed by atoms with E-state index in [4.69, 9.17) is 16.7 Å². The van der Waals surface area contributed by atoms with Crippen molar-refractivity contribution >= 4 is 46.0 Å². The summed E-state index contributed by atoms with van der Waals surface area (Å²) < 4.78 is 13.6. The summed E-state index contributed by atoms with van der Waals surface area (Å²) in [6, 6.07) is 20.5. The molecule has 0 radical (unpaired) electrons. The van der Waals surface area contributed by atoms with Crippen LogP contribution in [0, 0.1) is 5.92 Å². The van der Waals surface area contributed by atoms with Crippen LogP contribution in [0.25, 0.3) is 26.7 Å². The van der Waals surface area contributed by atoms with Gasteiger partial charge in [-0.15, -0.1) is 11.3 Å². The van der Waals surface area contributed by atoms with Gasteiger partial charge < -0.3 is 14.6 Å². The van der Waals surface area contributed by atoms with Gasteiger partial charge >= 0.3 is 5.97 Å². The standard InChI is InChI=1S/C25H20ClN3O4S2/c1-35(33)17-6-4-5-15(11-17)22-9-10-23(34-22)21-12-19(24(30)28-13-16(14-28)25(31)32)27-29(21)20-8-3-2-7-18(20)26/h2-12,16H,13-14H2,1H3,(H,31,32). The van der Waals surface area contributed by atoms with Crippen molar-refractivity contribution in [2.75, 3.05) is 19.3 Å². The van der Waals surface area contributed by atoms with Crippen LogP contribution < -0.4 is 0 Å². The van der Waals surface area contributed by atoms with Crippen molar-refractivity contribution < 1.29 is 19.2 Å². The number of nitrogens with zero attached hydrogens (tertiary/aromatic N) is 3. The molecule has 2 aromatic heterocycles. The Balaban J connectivity index is 1.53. The lowest BCUT2D eigenvalue weighted by Gasteiger charge is -2.36. The van der Waals surface area contributed by atoms with Gasteiger partial charge in [-0.1, -0.05) is 35.9 Å². The van der Waals surface area contributed by atoms with Crippen LogP contribution in [0.5, 0.6) is 0 Å². The number of benzene rings is 2. The minimum Gasteiger partial charge on any atom is -0.612 e. The van der Waals surface area contributed by atoms with Crippen molar-refractivity contribution in [2.24, 2.45) is 5.92 Å². The van der Waals surface area contributed by atoms with Crippen LogP contribution >= 0.6 is 22.9 Å². The Hall–Kier alpha value is -3.11. The molecular formula is C25H20ClN3O4S2. The lowest BCUT2D eigenvalue weighted by molar-refractivity contribution is -0.146. The Morgan fingerprint density at radius 1 is 1.09 bits per heavy atom. The number of carbonyl (C=O) groups excluding carboxylic acids is 1. The van der Waals surface area contributed by atoms with Gasteiger partial charge in [0.05, 0.1) is 27.2 Å². The molecule has 0 aliphatic carbocycles. The van der Waals surface area contributed by atoms with Gasteiger partial charge in [-0.05, 0) is 53.1 Å². The monoisotopic (exact) mass is 525 g/mol. The summed E-state index contributed by atoms with van der Waals surface area (Å²) in [4.78, 5) is 28.3. The van der Waals surface area contributed by atoms with Crippen LogP contribution in [0.3, 0.4) is 0 Å². The SMILES string of the molecule is C[S+]([O-])c1cccc(-c2ccc(-c3cc(C(=O)N4CC(C(=O)O)C4)nn3-c3ccccc3Cl)s2)c1. The van der Waals surface area contributed by atoms with Crippen molar-refractivity contribution in [3.8, 4) is 26.7 Å². The molecule has 1 saturated heterocycles. The fourth-order valence-corrected chi connectivity index (χ4v) is 5.67. The third-order valence-electron chi connectivity index (χ3n) is 5.84. The zero-order chi connectivity index (χ0) is 24.7. The maximum atomic E-state index is 13.0. The molecule has 1 aliphatic heterocycles. The van der Waals surface area contributed by atoms with E-state index in [1.165, 1.54) is 16.2 Å². The van der Waals surface area contributed by atoms with Crippen LogP contribution in [0.2, 0.25) is 5.02 Å². The number of aliphatic carboxylic acids is 1. The van der Waals surface area contributed by atoms with Crippen LogP contribution in [-0.2, 0) is 16.0 Å². The van der Waals surface area contributed by atoms with Crippen molar-refractivity contribution in [1.82, 2.24) is 14.7 Å². The third kappa shape index (κ3) is 4.60. The smallest absolute Gasteiger partial charge is 0.310 e. The Bertz CT molecular complexity index is 1430. The number of carboxylic acid groups (broad SMARTS) is 1. The molecule has 1 amide bonds. The maximum Gasteiger partial charge on any atom is 0.310 e. The fourth-order valence-electron chi connectivity index (χ4n) is 3.89. The van der Waals surface area contributed by atoms with E-state index in [2.05, 4.69) is 5.10 Å². The van der Waals surface area contributed by atoms with Crippen LogP contribution in [-0.4, -0.2) is 55.6 Å². The maximum absolute atomic E-state index is 13.0. The Morgan fingerprint density at radius 2 is 1.83 bits per heavy atom. The Kier molecular flexibility index (Phi) is 6.41. The molecule has 1 aliphatic rings. The minimum atomic E-state index is -1.08. The highest BCUT2D eigenvalue weighted by atomic mass is 35.5. The number of aromatic nitrogens is 2. The molecule has 35 heavy (non-hydrogen) atoms. The van der Waals surface area contributed by atoms with Crippen LogP contribution in [0.4, 0.5) is 0 Å². The predicted octanol–water partition coefficient (Wildman–Crippen LogP) is 4.82. The molecular weight excluding hydrogens is 506 g/mol. The van der Waals surface area contributed by atoms with Gasteiger partial charge in [0, 0.05) is 24.0 Å². The molecule has 1 atom stereocenters. The van der Waals surface area contributed by atoms with Crippen molar-refractivity contribution in [3.63, 3.8) is 0 Å². The van der Waals surface area contributed by atoms with Gasteiger partial charge in [0.25, 0.3) is 5.91 Å². The second kappa shape index (κ2) is 9.50. The van der Waals surface area contributed by atoms with Gasteiger partial charge in [0.2, 0.25) is 0 Å². The van der Waals surface area contributed by atoms with Gasteiger partial charge in [-0.25, -0.2) is 4.68 Å². The van der Waals surface area contributed by atoms with Gasteiger partial charge in [-0.2, -0.15) is 5.10 Å². The van der Waals surface area contributed by atoms with Gasteiger partial charge in [0.15, 0.2) is 10.6 Å². The molecule has 178 valence electrons. The third-order valence-corrected chi connectivity index (χ3v) is 8.23. The fraction of sp³-hybridized carbons (Fsp3) is 0.160. The topological polar surface area (TPSA) is 98.5 Å². The number of carbonyl (C=O) groups is 2.